The van der Waals surface area contributed by atoms with Crippen molar-refractivity contribution in [3.05, 3.63) is 42.4 Å². The summed E-state index contributed by atoms with van der Waals surface area (Å²) in [5.74, 6) is 0.540. The van der Waals surface area contributed by atoms with Crippen molar-refractivity contribution in [3.8, 4) is 6.07 Å². The molecule has 3 rings (SSSR count). The Morgan fingerprint density at radius 1 is 1.00 bits per heavy atom. The van der Waals surface area contributed by atoms with Gasteiger partial charge < -0.3 is 15.5 Å². The summed E-state index contributed by atoms with van der Waals surface area (Å²) in [6.45, 7) is 3.63. The van der Waals surface area contributed by atoms with Crippen LogP contribution in [0.15, 0.2) is 36.7 Å². The quantitative estimate of drug-likeness (QED) is 0.891. The summed E-state index contributed by atoms with van der Waals surface area (Å²) in [6, 6.07) is 9.68. The van der Waals surface area contributed by atoms with Crippen molar-refractivity contribution in [2.75, 3.05) is 41.7 Å². The normalized spacial score (nSPS) is 14.8. The Morgan fingerprint density at radius 2 is 1.71 bits per heavy atom. The topological polar surface area (TPSA) is 82.1 Å². The number of hydrogen-bond donors (Lipinski definition) is 1. The fourth-order valence-electron chi connectivity index (χ4n) is 2.48. The van der Waals surface area contributed by atoms with Gasteiger partial charge in [0.15, 0.2) is 0 Å². The number of pyridine rings is 2. The molecule has 0 unspecified atom stereocenters. The van der Waals surface area contributed by atoms with E-state index in [9.17, 15) is 0 Å². The van der Waals surface area contributed by atoms with E-state index in [1.54, 1.807) is 6.20 Å². The molecule has 2 aromatic rings. The molecular formula is C15H16N6. The summed E-state index contributed by atoms with van der Waals surface area (Å²) in [6.07, 6.45) is 3.50. The monoisotopic (exact) mass is 280 g/mol. The molecule has 1 fully saturated rings. The predicted molar refractivity (Wildman–Crippen MR) is 82.0 cm³/mol. The van der Waals surface area contributed by atoms with Crippen LogP contribution >= 0.6 is 0 Å². The Kier molecular flexibility index (Phi) is 3.56. The maximum Gasteiger partial charge on any atom is 0.142 e. The van der Waals surface area contributed by atoms with Crippen LogP contribution in [0.4, 0.5) is 17.2 Å². The van der Waals surface area contributed by atoms with E-state index >= 15 is 0 Å². The molecule has 0 amide bonds. The molecule has 0 bridgehead atoms. The van der Waals surface area contributed by atoms with Crippen molar-refractivity contribution >= 4 is 17.2 Å². The highest BCUT2D eigenvalue weighted by atomic mass is 15.3. The Balaban J connectivity index is 1.67. The highest BCUT2D eigenvalue weighted by Gasteiger charge is 2.18. The Hall–Kier alpha value is -2.81. The maximum atomic E-state index is 8.92. The molecule has 1 saturated heterocycles. The standard InChI is InChI=1S/C15H16N6/c16-10-12-9-13(3-4-18-12)20-5-7-21(8-6-20)14-1-2-15(17)19-11-14/h1-4,9,11H,5-8H2,(H2,17,19). The summed E-state index contributed by atoms with van der Waals surface area (Å²) in [5.41, 5.74) is 8.21. The molecule has 6 nitrogen and oxygen atoms in total. The van der Waals surface area contributed by atoms with Crippen molar-refractivity contribution in [2.24, 2.45) is 0 Å². The minimum absolute atomic E-state index is 0.456. The molecule has 0 radical (unpaired) electrons. The molecule has 106 valence electrons. The van der Waals surface area contributed by atoms with Gasteiger partial charge in [-0.25, -0.2) is 9.97 Å². The van der Waals surface area contributed by atoms with Crippen LogP contribution in [-0.4, -0.2) is 36.1 Å². The zero-order chi connectivity index (χ0) is 14.7. The largest absolute Gasteiger partial charge is 0.384 e. The van der Waals surface area contributed by atoms with Crippen LogP contribution in [0.2, 0.25) is 0 Å². The van der Waals surface area contributed by atoms with E-state index in [0.29, 0.717) is 11.5 Å². The van der Waals surface area contributed by atoms with Gasteiger partial charge in [0.05, 0.1) is 11.9 Å². The van der Waals surface area contributed by atoms with E-state index in [1.165, 1.54) is 0 Å². The van der Waals surface area contributed by atoms with E-state index in [2.05, 4.69) is 25.8 Å². The third-order valence-corrected chi connectivity index (χ3v) is 3.64. The molecule has 0 spiro atoms. The first-order valence-corrected chi connectivity index (χ1v) is 6.84. The minimum atomic E-state index is 0.456. The lowest BCUT2D eigenvalue weighted by Gasteiger charge is -2.37. The van der Waals surface area contributed by atoms with Crippen molar-refractivity contribution in [1.82, 2.24) is 9.97 Å². The second-order valence-electron chi connectivity index (χ2n) is 4.93. The second kappa shape index (κ2) is 5.67. The highest BCUT2D eigenvalue weighted by molar-refractivity contribution is 5.53. The average Bonchev–Trinajstić information content (AvgIpc) is 2.56. The summed E-state index contributed by atoms with van der Waals surface area (Å²) < 4.78 is 0. The van der Waals surface area contributed by atoms with Crippen LogP contribution < -0.4 is 15.5 Å². The summed E-state index contributed by atoms with van der Waals surface area (Å²) in [7, 11) is 0. The van der Waals surface area contributed by atoms with E-state index < -0.39 is 0 Å². The molecule has 0 atom stereocenters. The molecule has 1 aliphatic rings. The van der Waals surface area contributed by atoms with Gasteiger partial charge >= 0.3 is 0 Å². The van der Waals surface area contributed by atoms with E-state index in [1.807, 2.05) is 30.5 Å². The lowest BCUT2D eigenvalue weighted by atomic mass is 10.2. The van der Waals surface area contributed by atoms with Crippen LogP contribution in [0.1, 0.15) is 5.69 Å². The molecule has 0 aromatic carbocycles. The number of nitrogens with zero attached hydrogens (tertiary/aromatic N) is 5. The average molecular weight is 280 g/mol. The predicted octanol–water partition coefficient (Wildman–Crippen LogP) is 1.26. The molecular weight excluding hydrogens is 264 g/mol. The lowest BCUT2D eigenvalue weighted by molar-refractivity contribution is 0.652. The fraction of sp³-hybridized carbons (Fsp3) is 0.267. The van der Waals surface area contributed by atoms with Crippen molar-refractivity contribution in [1.29, 1.82) is 5.26 Å². The first kappa shape index (κ1) is 13.2. The van der Waals surface area contributed by atoms with Crippen LogP contribution in [0.3, 0.4) is 0 Å². The SMILES string of the molecule is N#Cc1cc(N2CCN(c3ccc(N)nc3)CC2)ccn1. The molecule has 0 aliphatic carbocycles. The Labute approximate surface area is 123 Å². The zero-order valence-electron chi connectivity index (χ0n) is 11.6. The zero-order valence-corrected chi connectivity index (χ0v) is 11.6. The number of aromatic nitrogens is 2. The van der Waals surface area contributed by atoms with E-state index in [0.717, 1.165) is 37.6 Å². The molecule has 6 heteroatoms. The van der Waals surface area contributed by atoms with Crippen LogP contribution in [0.25, 0.3) is 0 Å². The number of piperazine rings is 1. The number of nitrogen functional groups attached to an aromatic ring is 1. The molecule has 2 aromatic heterocycles. The number of nitriles is 1. The summed E-state index contributed by atoms with van der Waals surface area (Å²) >= 11 is 0. The molecule has 0 saturated carbocycles. The van der Waals surface area contributed by atoms with Gasteiger partial charge in [-0.15, -0.1) is 0 Å². The maximum absolute atomic E-state index is 8.92. The Bertz CT molecular complexity index is 653. The van der Waals surface area contributed by atoms with Gasteiger partial charge in [0.1, 0.15) is 17.6 Å². The van der Waals surface area contributed by atoms with Crippen LogP contribution in [0.5, 0.6) is 0 Å². The summed E-state index contributed by atoms with van der Waals surface area (Å²) in [5, 5.41) is 8.92. The number of rotatable bonds is 2. The molecule has 2 N–H and O–H groups in total. The van der Waals surface area contributed by atoms with Gasteiger partial charge in [-0.2, -0.15) is 5.26 Å². The fourth-order valence-corrected chi connectivity index (χ4v) is 2.48. The lowest BCUT2D eigenvalue weighted by Crippen LogP contribution is -2.46. The first-order chi connectivity index (χ1) is 10.3. The van der Waals surface area contributed by atoms with Crippen LogP contribution in [0, 0.1) is 11.3 Å². The minimum Gasteiger partial charge on any atom is -0.384 e. The van der Waals surface area contributed by atoms with Crippen molar-refractivity contribution < 1.29 is 0 Å². The van der Waals surface area contributed by atoms with E-state index in [4.69, 9.17) is 11.0 Å². The van der Waals surface area contributed by atoms with Gasteiger partial charge in [-0.3, -0.25) is 0 Å². The van der Waals surface area contributed by atoms with Crippen LogP contribution in [-0.2, 0) is 0 Å². The third-order valence-electron chi connectivity index (χ3n) is 3.64. The third kappa shape index (κ3) is 2.87. The van der Waals surface area contributed by atoms with E-state index in [-0.39, 0.29) is 0 Å². The smallest absolute Gasteiger partial charge is 0.142 e. The highest BCUT2D eigenvalue weighted by Crippen LogP contribution is 2.20. The summed E-state index contributed by atoms with van der Waals surface area (Å²) in [4.78, 5) is 12.7. The van der Waals surface area contributed by atoms with Crippen molar-refractivity contribution in [2.45, 2.75) is 0 Å². The van der Waals surface area contributed by atoms with Gasteiger partial charge in [-0.05, 0) is 24.3 Å². The second-order valence-corrected chi connectivity index (χ2v) is 4.93. The molecule has 21 heavy (non-hydrogen) atoms. The number of nitrogens with two attached hydrogens (primary N) is 1. The number of hydrogen-bond acceptors (Lipinski definition) is 6. The first-order valence-electron chi connectivity index (χ1n) is 6.84. The Morgan fingerprint density at radius 3 is 2.33 bits per heavy atom. The van der Waals surface area contributed by atoms with Gasteiger partial charge in [0, 0.05) is 38.1 Å². The van der Waals surface area contributed by atoms with Gasteiger partial charge in [0.25, 0.3) is 0 Å². The van der Waals surface area contributed by atoms with Crippen molar-refractivity contribution in [3.63, 3.8) is 0 Å². The molecule has 3 heterocycles. The molecule has 1 aliphatic heterocycles. The number of anilines is 3. The van der Waals surface area contributed by atoms with Gasteiger partial charge in [0.2, 0.25) is 0 Å². The van der Waals surface area contributed by atoms with Gasteiger partial charge in [-0.1, -0.05) is 0 Å².